The second-order valence-corrected chi connectivity index (χ2v) is 16.8. The molecule has 0 saturated heterocycles. The van der Waals surface area contributed by atoms with Gasteiger partial charge < -0.3 is 36.0 Å². The fraction of sp³-hybridized carbons (Fsp3) is 0.255. The summed E-state index contributed by atoms with van der Waals surface area (Å²) in [5.41, 5.74) is 0.816. The van der Waals surface area contributed by atoms with Crippen molar-refractivity contribution in [1.29, 1.82) is 0 Å². The summed E-state index contributed by atoms with van der Waals surface area (Å²) in [6.45, 7) is 2.47. The van der Waals surface area contributed by atoms with Crippen molar-refractivity contribution in [3.05, 3.63) is 162 Å². The molecular formula is C47H52BrO5P. The highest BCUT2D eigenvalue weighted by Crippen LogP contribution is 2.56. The minimum Gasteiger partial charge on any atom is -1.00 e. The van der Waals surface area contributed by atoms with Gasteiger partial charge in [0.25, 0.3) is 0 Å². The molecule has 282 valence electrons. The number of methoxy groups -OCH3 is 1. The molecule has 0 atom stereocenters. The molecule has 0 fully saturated rings. The van der Waals surface area contributed by atoms with Crippen molar-refractivity contribution in [1.82, 2.24) is 0 Å². The molecule has 0 aliphatic rings. The highest BCUT2D eigenvalue weighted by Gasteiger charge is 2.44. The van der Waals surface area contributed by atoms with Crippen molar-refractivity contribution in [2.24, 2.45) is 0 Å². The van der Waals surface area contributed by atoms with Crippen LogP contribution in [-0.2, 0) is 4.79 Å². The summed E-state index contributed by atoms with van der Waals surface area (Å²) in [5, 5.41) is 14.6. The lowest BCUT2D eigenvalue weighted by molar-refractivity contribution is -0.110. The van der Waals surface area contributed by atoms with Crippen molar-refractivity contribution in [2.45, 2.75) is 58.3 Å². The minimum absolute atomic E-state index is 0. The molecule has 5 aromatic rings. The molecule has 1 heterocycles. The first kappa shape index (κ1) is 42.1. The molecule has 0 spiro atoms. The lowest BCUT2D eigenvalue weighted by atomic mass is 10.1. The topological polar surface area (TPSA) is 68.9 Å². The molecule has 0 unspecified atom stereocenters. The number of hydrogen-bond acceptors (Lipinski definition) is 5. The number of ketones is 1. The number of carbonyl (C=O) groups is 1. The van der Waals surface area contributed by atoms with E-state index in [0.717, 1.165) is 30.2 Å². The zero-order valence-electron chi connectivity index (χ0n) is 31.4. The number of aryl methyl sites for hydroxylation is 1. The second kappa shape index (κ2) is 22.5. The van der Waals surface area contributed by atoms with Gasteiger partial charge >= 0.3 is 0 Å². The molecule has 54 heavy (non-hydrogen) atoms. The largest absolute Gasteiger partial charge is 1.00 e. The van der Waals surface area contributed by atoms with Crippen molar-refractivity contribution in [2.75, 3.05) is 19.9 Å². The highest BCUT2D eigenvalue weighted by molar-refractivity contribution is 7.95. The van der Waals surface area contributed by atoms with Crippen LogP contribution in [0, 0.1) is 6.92 Å². The minimum atomic E-state index is -1.74. The Morgan fingerprint density at radius 3 is 1.76 bits per heavy atom. The zero-order chi connectivity index (χ0) is 37.1. The van der Waals surface area contributed by atoms with Gasteiger partial charge in [-0.05, 0) is 111 Å². The smallest absolute Gasteiger partial charge is 0.182 e. The Bertz CT molecular complexity index is 1840. The first-order valence-electron chi connectivity index (χ1n) is 18.7. The Hall–Kier alpha value is -4.64. The van der Waals surface area contributed by atoms with Gasteiger partial charge in [-0.3, -0.25) is 4.79 Å². The Labute approximate surface area is 332 Å². The first-order valence-corrected chi connectivity index (χ1v) is 20.7. The van der Waals surface area contributed by atoms with E-state index in [9.17, 15) is 9.90 Å². The van der Waals surface area contributed by atoms with Crippen molar-refractivity contribution in [3.8, 4) is 11.5 Å². The van der Waals surface area contributed by atoms with E-state index in [4.69, 9.17) is 13.9 Å². The van der Waals surface area contributed by atoms with Crippen LogP contribution in [0.4, 0.5) is 0 Å². The van der Waals surface area contributed by atoms with Gasteiger partial charge in [0.15, 0.2) is 17.3 Å². The molecule has 5 nitrogen and oxygen atoms in total. The summed E-state index contributed by atoms with van der Waals surface area (Å²) >= 11 is 0. The predicted octanol–water partition coefficient (Wildman–Crippen LogP) is 7.83. The van der Waals surface area contributed by atoms with Gasteiger partial charge in [-0.25, -0.2) is 0 Å². The molecule has 1 aromatic heterocycles. The number of allylic oxidation sites excluding steroid dienone is 3. The predicted molar refractivity (Wildman–Crippen MR) is 223 cm³/mol. The summed E-state index contributed by atoms with van der Waals surface area (Å²) in [4.78, 5) is 12.1. The summed E-state index contributed by atoms with van der Waals surface area (Å²) in [5.74, 6) is 2.18. The first-order chi connectivity index (χ1) is 26.0. The number of benzene rings is 4. The van der Waals surface area contributed by atoms with Crippen LogP contribution in [0.1, 0.15) is 68.5 Å². The summed E-state index contributed by atoms with van der Waals surface area (Å²) in [6.07, 6.45) is 18.0. The Kier molecular flexibility index (Phi) is 17.6. The molecular weight excluding hydrogens is 755 g/mol. The number of aliphatic hydroxyl groups excluding tert-OH is 1. The lowest BCUT2D eigenvalue weighted by Gasteiger charge is -2.27. The fourth-order valence-corrected chi connectivity index (χ4v) is 11.0. The average molecular weight is 808 g/mol. The zero-order valence-corrected chi connectivity index (χ0v) is 33.9. The standard InChI is InChI=1S/C47H51O5P.BrH/c1-38-26-31-42(52-38)32-30-41(49)37-40(48)29-27-39-28-33-46(47(36-39)50-2)51-34-18-7-5-3-4-6-8-19-35-53(43-20-12-9-13-21-43,44-22-14-10-15-23-44)45-24-16-11-17-25-45;/h9-17,20-33,36-37H,3-8,18-19,34-35H2,1-2H3;1H/b29-27+,32-30+;. The molecule has 0 aliphatic carbocycles. The number of aliphatic hydroxyl groups is 1. The van der Waals surface area contributed by atoms with E-state index in [1.807, 2.05) is 31.2 Å². The fourth-order valence-electron chi connectivity index (χ4n) is 6.61. The van der Waals surface area contributed by atoms with Gasteiger partial charge in [0.05, 0.1) is 19.9 Å². The van der Waals surface area contributed by atoms with Crippen molar-refractivity contribution in [3.63, 3.8) is 0 Å². The Morgan fingerprint density at radius 1 is 0.667 bits per heavy atom. The molecule has 1 N–H and O–H groups in total. The third-order valence-corrected chi connectivity index (χ3v) is 13.9. The number of hydrogen-bond donors (Lipinski definition) is 1. The molecule has 0 bridgehead atoms. The van der Waals surface area contributed by atoms with Crippen LogP contribution in [-0.4, -0.2) is 30.8 Å². The van der Waals surface area contributed by atoms with Crippen LogP contribution in [0.3, 0.4) is 0 Å². The summed E-state index contributed by atoms with van der Waals surface area (Å²) in [6, 6.07) is 42.8. The van der Waals surface area contributed by atoms with Gasteiger partial charge in [0.1, 0.15) is 40.5 Å². The van der Waals surface area contributed by atoms with Crippen LogP contribution >= 0.6 is 7.26 Å². The maximum Gasteiger partial charge on any atom is 0.182 e. The van der Waals surface area contributed by atoms with Crippen LogP contribution in [0.15, 0.2) is 150 Å². The van der Waals surface area contributed by atoms with Crippen molar-refractivity contribution >= 4 is 41.1 Å². The SMILES string of the molecule is COc1cc(/C=C/C(O)=C\C(=O)/C=C/c2ccc(C)o2)ccc1OCCCCCCCCCC[P+](c1ccccc1)(c1ccccc1)c1ccccc1.[Br-]. The van der Waals surface area contributed by atoms with Gasteiger partial charge in [0, 0.05) is 6.08 Å². The number of furan rings is 1. The number of rotatable bonds is 21. The molecule has 0 amide bonds. The average Bonchev–Trinajstić information content (AvgIpc) is 3.62. The lowest BCUT2D eigenvalue weighted by Crippen LogP contribution is -3.00. The van der Waals surface area contributed by atoms with Gasteiger partial charge in [-0.15, -0.1) is 0 Å². The maximum atomic E-state index is 12.1. The quantitative estimate of drug-likeness (QED) is 0.0269. The van der Waals surface area contributed by atoms with E-state index in [2.05, 4.69) is 91.0 Å². The Balaban J connectivity index is 0.00000650. The highest BCUT2D eigenvalue weighted by atomic mass is 79.9. The molecule has 0 radical (unpaired) electrons. The van der Waals surface area contributed by atoms with Crippen molar-refractivity contribution < 1.29 is 40.8 Å². The number of carbonyl (C=O) groups excluding carboxylic acids is 1. The van der Waals surface area contributed by atoms with E-state index in [1.54, 1.807) is 25.3 Å². The van der Waals surface area contributed by atoms with Crippen LogP contribution in [0.5, 0.6) is 11.5 Å². The maximum absolute atomic E-state index is 12.1. The molecule has 0 aliphatic heterocycles. The van der Waals surface area contributed by atoms with Gasteiger partial charge in [-0.2, -0.15) is 0 Å². The third kappa shape index (κ3) is 12.5. The molecule has 7 heteroatoms. The normalized spacial score (nSPS) is 11.9. The third-order valence-electron chi connectivity index (χ3n) is 9.33. The van der Waals surface area contributed by atoms with Crippen LogP contribution < -0.4 is 42.4 Å². The van der Waals surface area contributed by atoms with E-state index in [-0.39, 0.29) is 28.5 Å². The van der Waals surface area contributed by atoms with Gasteiger partial charge in [-0.1, -0.05) is 98.8 Å². The van der Waals surface area contributed by atoms with E-state index >= 15 is 0 Å². The van der Waals surface area contributed by atoms with E-state index in [0.29, 0.717) is 23.9 Å². The number of halogens is 1. The second-order valence-electron chi connectivity index (χ2n) is 13.2. The molecule has 4 aromatic carbocycles. The van der Waals surface area contributed by atoms with Crippen LogP contribution in [0.2, 0.25) is 0 Å². The van der Waals surface area contributed by atoms with E-state index in [1.165, 1.54) is 72.8 Å². The van der Waals surface area contributed by atoms with Gasteiger partial charge in [0.2, 0.25) is 0 Å². The summed E-state index contributed by atoms with van der Waals surface area (Å²) < 4.78 is 17.0. The molecule has 5 rings (SSSR count). The molecule has 0 saturated carbocycles. The van der Waals surface area contributed by atoms with E-state index < -0.39 is 7.26 Å². The Morgan fingerprint density at radius 2 is 1.22 bits per heavy atom. The monoisotopic (exact) mass is 806 g/mol. The van der Waals surface area contributed by atoms with Crippen LogP contribution in [0.25, 0.3) is 12.2 Å². The summed E-state index contributed by atoms with van der Waals surface area (Å²) in [7, 11) is -0.122. The number of unbranched alkanes of at least 4 members (excludes halogenated alkanes) is 7. The number of ether oxygens (including phenoxy) is 2.